The smallest absolute Gasteiger partial charge is 0.382 e. The molecule has 0 spiro atoms. The van der Waals surface area contributed by atoms with Crippen LogP contribution in [-0.4, -0.2) is 56.5 Å². The first-order chi connectivity index (χ1) is 8.51. The van der Waals surface area contributed by atoms with Gasteiger partial charge in [0.05, 0.1) is 6.54 Å². The highest BCUT2D eigenvalue weighted by Crippen LogP contribution is 2.19. The minimum absolute atomic E-state index is 0.358. The van der Waals surface area contributed by atoms with Crippen molar-refractivity contribution in [1.82, 2.24) is 10.2 Å². The molecule has 108 valence electrons. The summed E-state index contributed by atoms with van der Waals surface area (Å²) in [6.45, 7) is 4.61. The molecule has 0 radical (unpaired) electrons. The van der Waals surface area contributed by atoms with Crippen LogP contribution < -0.4 is 5.32 Å². The number of ether oxygens (including phenoxy) is 1. The van der Waals surface area contributed by atoms with Gasteiger partial charge in [-0.05, 0) is 45.8 Å². The van der Waals surface area contributed by atoms with Crippen molar-refractivity contribution in [1.29, 1.82) is 0 Å². The summed E-state index contributed by atoms with van der Waals surface area (Å²) in [5.74, 6) is 0. The van der Waals surface area contributed by atoms with E-state index in [-0.39, 0.29) is 0 Å². The van der Waals surface area contributed by atoms with Crippen LogP contribution in [0.4, 0.5) is 13.2 Å². The third-order valence-electron chi connectivity index (χ3n) is 3.09. The molecule has 1 N–H and O–H groups in total. The zero-order valence-electron chi connectivity index (χ0n) is 10.9. The van der Waals surface area contributed by atoms with E-state index in [2.05, 4.69) is 5.32 Å². The van der Waals surface area contributed by atoms with Crippen LogP contribution >= 0.6 is 0 Å². The highest BCUT2D eigenvalue weighted by molar-refractivity contribution is 4.78. The van der Waals surface area contributed by atoms with Gasteiger partial charge in [-0.3, -0.25) is 4.90 Å². The molecule has 0 saturated carbocycles. The van der Waals surface area contributed by atoms with Crippen LogP contribution in [0.1, 0.15) is 26.2 Å². The number of hydrogen-bond acceptors (Lipinski definition) is 3. The quantitative estimate of drug-likeness (QED) is 0.715. The van der Waals surface area contributed by atoms with E-state index in [0.717, 1.165) is 39.0 Å². The minimum atomic E-state index is -4.07. The Hall–Kier alpha value is -0.330. The SMILES string of the molecule is CCOCCCNC1CCN(CC(F)(F)F)CC1. The Balaban J connectivity index is 2.05. The highest BCUT2D eigenvalue weighted by Gasteiger charge is 2.32. The zero-order valence-corrected chi connectivity index (χ0v) is 10.9. The van der Waals surface area contributed by atoms with Gasteiger partial charge in [-0.25, -0.2) is 0 Å². The first-order valence-corrected chi connectivity index (χ1v) is 6.61. The molecule has 18 heavy (non-hydrogen) atoms. The molecule has 0 unspecified atom stereocenters. The lowest BCUT2D eigenvalue weighted by Crippen LogP contribution is -2.45. The third kappa shape index (κ3) is 7.18. The van der Waals surface area contributed by atoms with E-state index < -0.39 is 12.7 Å². The van der Waals surface area contributed by atoms with E-state index in [1.165, 1.54) is 4.90 Å². The number of hydrogen-bond donors (Lipinski definition) is 1. The Kier molecular flexibility index (Phi) is 6.96. The highest BCUT2D eigenvalue weighted by atomic mass is 19.4. The van der Waals surface area contributed by atoms with Crippen LogP contribution in [0.2, 0.25) is 0 Å². The first kappa shape index (κ1) is 15.7. The van der Waals surface area contributed by atoms with Gasteiger partial charge >= 0.3 is 6.18 Å². The second-order valence-electron chi connectivity index (χ2n) is 4.67. The Labute approximate surface area is 107 Å². The Morgan fingerprint density at radius 1 is 1.28 bits per heavy atom. The molecule has 1 saturated heterocycles. The number of alkyl halides is 3. The number of likely N-dealkylation sites (tertiary alicyclic amines) is 1. The minimum Gasteiger partial charge on any atom is -0.382 e. The summed E-state index contributed by atoms with van der Waals surface area (Å²) < 4.78 is 41.8. The average Bonchev–Trinajstić information content (AvgIpc) is 2.29. The lowest BCUT2D eigenvalue weighted by atomic mass is 10.1. The lowest BCUT2D eigenvalue weighted by Gasteiger charge is -2.32. The van der Waals surface area contributed by atoms with Crippen molar-refractivity contribution in [3.63, 3.8) is 0 Å². The second kappa shape index (κ2) is 7.96. The average molecular weight is 268 g/mol. The van der Waals surface area contributed by atoms with Crippen molar-refractivity contribution >= 4 is 0 Å². The Morgan fingerprint density at radius 2 is 1.94 bits per heavy atom. The normalized spacial score (nSPS) is 19.3. The van der Waals surface area contributed by atoms with Crippen molar-refractivity contribution in [3.05, 3.63) is 0 Å². The number of rotatable bonds is 7. The molecule has 3 nitrogen and oxygen atoms in total. The maximum absolute atomic E-state index is 12.2. The van der Waals surface area contributed by atoms with Crippen LogP contribution in [-0.2, 0) is 4.74 Å². The Bertz CT molecular complexity index is 216. The van der Waals surface area contributed by atoms with E-state index >= 15 is 0 Å². The number of nitrogens with one attached hydrogen (secondary N) is 1. The van der Waals surface area contributed by atoms with Gasteiger partial charge in [-0.1, -0.05) is 0 Å². The fourth-order valence-electron chi connectivity index (χ4n) is 2.17. The van der Waals surface area contributed by atoms with Gasteiger partial charge in [0.2, 0.25) is 0 Å². The number of piperidine rings is 1. The van der Waals surface area contributed by atoms with Crippen LogP contribution in [0.25, 0.3) is 0 Å². The number of halogens is 3. The van der Waals surface area contributed by atoms with E-state index in [1.807, 2.05) is 6.92 Å². The van der Waals surface area contributed by atoms with E-state index in [1.54, 1.807) is 0 Å². The van der Waals surface area contributed by atoms with Gasteiger partial charge < -0.3 is 10.1 Å². The molecule has 1 heterocycles. The standard InChI is InChI=1S/C12H23F3N2O/c1-2-18-9-3-6-16-11-4-7-17(8-5-11)10-12(13,14)15/h11,16H,2-10H2,1H3. The molecule has 0 atom stereocenters. The molecular weight excluding hydrogens is 245 g/mol. The fraction of sp³-hybridized carbons (Fsp3) is 1.00. The summed E-state index contributed by atoms with van der Waals surface area (Å²) in [5, 5.41) is 3.38. The largest absolute Gasteiger partial charge is 0.401 e. The summed E-state index contributed by atoms with van der Waals surface area (Å²) in [7, 11) is 0. The van der Waals surface area contributed by atoms with E-state index in [9.17, 15) is 13.2 Å². The molecule has 0 aromatic carbocycles. The summed E-state index contributed by atoms with van der Waals surface area (Å²) >= 11 is 0. The molecular formula is C12H23F3N2O. The molecule has 6 heteroatoms. The van der Waals surface area contributed by atoms with Gasteiger partial charge in [-0.15, -0.1) is 0 Å². The molecule has 1 fully saturated rings. The lowest BCUT2D eigenvalue weighted by molar-refractivity contribution is -0.148. The van der Waals surface area contributed by atoms with Crippen molar-refractivity contribution in [2.45, 2.75) is 38.4 Å². The maximum atomic E-state index is 12.2. The monoisotopic (exact) mass is 268 g/mol. The predicted molar refractivity (Wildman–Crippen MR) is 64.6 cm³/mol. The van der Waals surface area contributed by atoms with Gasteiger partial charge in [0.15, 0.2) is 0 Å². The summed E-state index contributed by atoms with van der Waals surface area (Å²) in [5.41, 5.74) is 0. The maximum Gasteiger partial charge on any atom is 0.401 e. The van der Waals surface area contributed by atoms with Crippen molar-refractivity contribution in [2.75, 3.05) is 39.4 Å². The molecule has 1 aliphatic heterocycles. The van der Waals surface area contributed by atoms with Gasteiger partial charge in [-0.2, -0.15) is 13.2 Å². The third-order valence-corrected chi connectivity index (χ3v) is 3.09. The van der Waals surface area contributed by atoms with Crippen LogP contribution in [0.3, 0.4) is 0 Å². The van der Waals surface area contributed by atoms with E-state index in [0.29, 0.717) is 19.1 Å². The summed E-state index contributed by atoms with van der Waals surface area (Å²) in [6, 6.07) is 0.358. The van der Waals surface area contributed by atoms with Crippen molar-refractivity contribution in [3.8, 4) is 0 Å². The second-order valence-corrected chi connectivity index (χ2v) is 4.67. The molecule has 0 aliphatic carbocycles. The first-order valence-electron chi connectivity index (χ1n) is 6.61. The molecule has 1 aliphatic rings. The van der Waals surface area contributed by atoms with Gasteiger partial charge in [0, 0.05) is 19.3 Å². The molecule has 0 aromatic rings. The molecule has 0 amide bonds. The molecule has 0 bridgehead atoms. The van der Waals surface area contributed by atoms with Gasteiger partial charge in [0.25, 0.3) is 0 Å². The molecule has 1 rings (SSSR count). The van der Waals surface area contributed by atoms with E-state index in [4.69, 9.17) is 4.74 Å². The van der Waals surface area contributed by atoms with Crippen molar-refractivity contribution < 1.29 is 17.9 Å². The molecule has 0 aromatic heterocycles. The predicted octanol–water partition coefficient (Wildman–Crippen LogP) is 2.03. The summed E-state index contributed by atoms with van der Waals surface area (Å²) in [6.07, 6.45) is -1.52. The van der Waals surface area contributed by atoms with Gasteiger partial charge in [0.1, 0.15) is 0 Å². The topological polar surface area (TPSA) is 24.5 Å². The number of nitrogens with zero attached hydrogens (tertiary/aromatic N) is 1. The zero-order chi connectivity index (χ0) is 13.4. The Morgan fingerprint density at radius 3 is 2.50 bits per heavy atom. The summed E-state index contributed by atoms with van der Waals surface area (Å²) in [4.78, 5) is 1.48. The van der Waals surface area contributed by atoms with Crippen molar-refractivity contribution in [2.24, 2.45) is 0 Å². The fourth-order valence-corrected chi connectivity index (χ4v) is 2.17. The van der Waals surface area contributed by atoms with Crippen LogP contribution in [0.15, 0.2) is 0 Å². The van der Waals surface area contributed by atoms with Crippen LogP contribution in [0, 0.1) is 0 Å². The van der Waals surface area contributed by atoms with Crippen LogP contribution in [0.5, 0.6) is 0 Å².